The lowest BCUT2D eigenvalue weighted by Gasteiger charge is -2.18. The summed E-state index contributed by atoms with van der Waals surface area (Å²) in [6, 6.07) is 0. The third kappa shape index (κ3) is 54.2. The highest BCUT2D eigenvalue weighted by Crippen LogP contribution is 2.15. The molecule has 1 atom stereocenters. The molecule has 0 aliphatic rings. The van der Waals surface area contributed by atoms with Gasteiger partial charge in [0, 0.05) is 19.4 Å². The Balaban J connectivity index is 4.27. The van der Waals surface area contributed by atoms with E-state index in [1.165, 1.54) is 180 Å². The largest absolute Gasteiger partial charge is 0.462 e. The highest BCUT2D eigenvalue weighted by molar-refractivity contribution is 5.70. The molecule has 0 saturated carbocycles. The second-order valence-electron chi connectivity index (χ2n) is 19.2. The Bertz CT molecular complexity index is 1130. The van der Waals surface area contributed by atoms with Crippen molar-refractivity contribution in [3.63, 3.8) is 0 Å². The molecule has 1 unspecified atom stereocenters. The molecule has 0 saturated heterocycles. The van der Waals surface area contributed by atoms with E-state index in [1.54, 1.807) is 0 Å². The Kier molecular flexibility index (Phi) is 54.9. The fraction of sp³-hybridized carbons (Fsp3) is 0.803. The molecule has 0 aromatic carbocycles. The van der Waals surface area contributed by atoms with Crippen LogP contribution in [-0.2, 0) is 23.8 Å². The maximum Gasteiger partial charge on any atom is 0.306 e. The number of carbonyl (C=O) groups is 2. The smallest absolute Gasteiger partial charge is 0.306 e. The number of esters is 2. The Morgan fingerprint density at radius 1 is 0.333 bits per heavy atom. The second kappa shape index (κ2) is 56.9. The van der Waals surface area contributed by atoms with Crippen LogP contribution in [0.4, 0.5) is 0 Å². The van der Waals surface area contributed by atoms with Gasteiger partial charge in [-0.15, -0.1) is 0 Å². The Hall–Kier alpha value is -2.40. The van der Waals surface area contributed by atoms with Crippen LogP contribution in [0.2, 0.25) is 0 Å². The summed E-state index contributed by atoms with van der Waals surface area (Å²) in [5.41, 5.74) is 0. The average molecular weight is 924 g/mol. The van der Waals surface area contributed by atoms with Gasteiger partial charge >= 0.3 is 11.9 Å². The van der Waals surface area contributed by atoms with Crippen LogP contribution in [-0.4, -0.2) is 37.9 Å². The molecule has 0 spiro atoms. The van der Waals surface area contributed by atoms with Crippen molar-refractivity contribution in [2.45, 2.75) is 297 Å². The molecular weight excluding hydrogens is 813 g/mol. The molecule has 0 aromatic rings. The summed E-state index contributed by atoms with van der Waals surface area (Å²) in [4.78, 5) is 25.5. The minimum Gasteiger partial charge on any atom is -0.462 e. The second-order valence-corrected chi connectivity index (χ2v) is 19.2. The van der Waals surface area contributed by atoms with Gasteiger partial charge in [0.2, 0.25) is 0 Å². The van der Waals surface area contributed by atoms with Gasteiger partial charge in [-0.25, -0.2) is 0 Å². The van der Waals surface area contributed by atoms with Gasteiger partial charge in [0.25, 0.3) is 0 Å². The first-order valence-corrected chi connectivity index (χ1v) is 28.8. The number of hydrogen-bond donors (Lipinski definition) is 0. The Morgan fingerprint density at radius 3 is 1.08 bits per heavy atom. The molecule has 66 heavy (non-hydrogen) atoms. The van der Waals surface area contributed by atoms with E-state index in [1.807, 2.05) is 0 Å². The van der Waals surface area contributed by atoms with Crippen LogP contribution in [0, 0.1) is 0 Å². The number of ether oxygens (including phenoxy) is 3. The first-order valence-electron chi connectivity index (χ1n) is 28.8. The van der Waals surface area contributed by atoms with Crippen LogP contribution in [0.1, 0.15) is 290 Å². The maximum atomic E-state index is 12.8. The lowest BCUT2D eigenvalue weighted by molar-refractivity contribution is -0.163. The van der Waals surface area contributed by atoms with Crippen molar-refractivity contribution >= 4 is 11.9 Å². The van der Waals surface area contributed by atoms with E-state index in [2.05, 4.69) is 81.5 Å². The van der Waals surface area contributed by atoms with Gasteiger partial charge in [0.05, 0.1) is 6.61 Å². The highest BCUT2D eigenvalue weighted by atomic mass is 16.6. The van der Waals surface area contributed by atoms with Gasteiger partial charge in [0.15, 0.2) is 6.10 Å². The van der Waals surface area contributed by atoms with E-state index in [0.717, 1.165) is 77.0 Å². The van der Waals surface area contributed by atoms with Crippen molar-refractivity contribution in [3.8, 4) is 0 Å². The van der Waals surface area contributed by atoms with E-state index in [4.69, 9.17) is 14.2 Å². The molecule has 0 heterocycles. The van der Waals surface area contributed by atoms with Crippen molar-refractivity contribution in [1.29, 1.82) is 0 Å². The van der Waals surface area contributed by atoms with E-state index in [0.29, 0.717) is 19.4 Å². The van der Waals surface area contributed by atoms with Gasteiger partial charge in [-0.2, -0.15) is 0 Å². The third-order valence-electron chi connectivity index (χ3n) is 12.5. The first kappa shape index (κ1) is 63.6. The normalized spacial score (nSPS) is 12.6. The van der Waals surface area contributed by atoms with Gasteiger partial charge < -0.3 is 14.2 Å². The summed E-state index contributed by atoms with van der Waals surface area (Å²) < 4.78 is 17.5. The number of rotatable bonds is 53. The van der Waals surface area contributed by atoms with Crippen LogP contribution >= 0.6 is 0 Å². The predicted molar refractivity (Wildman–Crippen MR) is 288 cm³/mol. The van der Waals surface area contributed by atoms with Crippen molar-refractivity contribution < 1.29 is 23.8 Å². The molecule has 0 rings (SSSR count). The number of carbonyl (C=O) groups excluding carboxylic acids is 2. The third-order valence-corrected chi connectivity index (χ3v) is 12.5. The van der Waals surface area contributed by atoms with Crippen LogP contribution in [0.25, 0.3) is 0 Å². The van der Waals surface area contributed by atoms with Crippen LogP contribution in [0.3, 0.4) is 0 Å². The molecular formula is C61H110O5. The van der Waals surface area contributed by atoms with Crippen molar-refractivity contribution in [1.82, 2.24) is 0 Å². The topological polar surface area (TPSA) is 61.8 Å². The van der Waals surface area contributed by atoms with Crippen LogP contribution in [0.15, 0.2) is 60.8 Å². The molecule has 5 heteroatoms. The SMILES string of the molecule is CCCCC/C=C\C/C=C\C/C=C\CCCCCCCCC(=O)OCC(COCCCCCCCCCC/C=C\CCCCCCCC)OC(=O)CCCCCCC/C=C\CCCCCC. The molecule has 0 aliphatic heterocycles. The summed E-state index contributed by atoms with van der Waals surface area (Å²) >= 11 is 0. The van der Waals surface area contributed by atoms with Gasteiger partial charge in [-0.1, -0.05) is 229 Å². The van der Waals surface area contributed by atoms with Crippen LogP contribution < -0.4 is 0 Å². The fourth-order valence-electron chi connectivity index (χ4n) is 8.15. The van der Waals surface area contributed by atoms with E-state index >= 15 is 0 Å². The summed E-state index contributed by atoms with van der Waals surface area (Å²) in [6.45, 7) is 7.79. The zero-order chi connectivity index (χ0) is 47.7. The quantitative estimate of drug-likeness (QED) is 0.0346. The standard InChI is InChI=1S/C61H110O5/c1-4-7-10-13-16-19-22-25-27-29-31-32-34-37-39-42-45-48-51-54-60(62)65-58-59(66-61(63)55-52-49-46-43-40-36-24-21-18-15-12-9-6-3)57-64-56-53-50-47-44-41-38-35-33-30-28-26-23-20-17-14-11-8-5-2/h16,19,21,24-28,31-32,59H,4-15,17-18,20,22-23,29-30,33-58H2,1-3H3/b19-16-,24-21-,27-25-,28-26-,32-31-. The summed E-state index contributed by atoms with van der Waals surface area (Å²) in [7, 11) is 0. The lowest BCUT2D eigenvalue weighted by Crippen LogP contribution is -2.30. The molecule has 0 fully saturated rings. The lowest BCUT2D eigenvalue weighted by atomic mass is 10.1. The number of unbranched alkanes of at least 4 members (excludes halogenated alkanes) is 32. The van der Waals surface area contributed by atoms with Gasteiger partial charge in [-0.3, -0.25) is 9.59 Å². The van der Waals surface area contributed by atoms with Crippen LogP contribution in [0.5, 0.6) is 0 Å². The minimum absolute atomic E-state index is 0.0745. The van der Waals surface area contributed by atoms with Crippen molar-refractivity contribution in [2.75, 3.05) is 19.8 Å². The van der Waals surface area contributed by atoms with E-state index in [-0.39, 0.29) is 25.2 Å². The highest BCUT2D eigenvalue weighted by Gasteiger charge is 2.17. The van der Waals surface area contributed by atoms with E-state index in [9.17, 15) is 9.59 Å². The molecule has 0 radical (unpaired) electrons. The summed E-state index contributed by atoms with van der Waals surface area (Å²) in [5, 5.41) is 0. The minimum atomic E-state index is -0.548. The molecule has 0 aliphatic carbocycles. The average Bonchev–Trinajstić information content (AvgIpc) is 3.32. The van der Waals surface area contributed by atoms with Crippen molar-refractivity contribution in [2.24, 2.45) is 0 Å². The molecule has 0 amide bonds. The molecule has 0 aromatic heterocycles. The summed E-state index contributed by atoms with van der Waals surface area (Å²) in [6.07, 6.45) is 72.3. The van der Waals surface area contributed by atoms with E-state index < -0.39 is 6.10 Å². The van der Waals surface area contributed by atoms with Crippen molar-refractivity contribution in [3.05, 3.63) is 60.8 Å². The predicted octanol–water partition coefficient (Wildman–Crippen LogP) is 19.7. The maximum absolute atomic E-state index is 12.8. The zero-order valence-corrected chi connectivity index (χ0v) is 44.2. The molecule has 384 valence electrons. The zero-order valence-electron chi connectivity index (χ0n) is 44.2. The number of allylic oxidation sites excluding steroid dienone is 10. The van der Waals surface area contributed by atoms with Gasteiger partial charge in [0.1, 0.15) is 6.61 Å². The Morgan fingerprint density at radius 2 is 0.636 bits per heavy atom. The fourth-order valence-corrected chi connectivity index (χ4v) is 8.15. The molecule has 0 N–H and O–H groups in total. The number of hydrogen-bond acceptors (Lipinski definition) is 5. The molecule has 5 nitrogen and oxygen atoms in total. The van der Waals surface area contributed by atoms with Gasteiger partial charge in [-0.05, 0) is 109 Å². The molecule has 0 bridgehead atoms. The first-order chi connectivity index (χ1) is 32.6. The summed E-state index contributed by atoms with van der Waals surface area (Å²) in [5.74, 6) is -0.414. The monoisotopic (exact) mass is 923 g/mol. The Labute approximate surface area is 411 Å².